The summed E-state index contributed by atoms with van der Waals surface area (Å²) >= 11 is 0. The van der Waals surface area contributed by atoms with Crippen LogP contribution in [0, 0.1) is 27.7 Å². The Hall–Kier alpha value is -2.62. The molecular weight excluding hydrogens is 436 g/mol. The van der Waals surface area contributed by atoms with E-state index in [1.165, 1.54) is 13.3 Å². The van der Waals surface area contributed by atoms with E-state index in [4.69, 9.17) is 4.42 Å². The fourth-order valence-corrected chi connectivity index (χ4v) is 6.47. The first-order chi connectivity index (χ1) is 14.4. The molecule has 0 aliphatic heterocycles. The van der Waals surface area contributed by atoms with Crippen molar-refractivity contribution in [2.45, 2.75) is 44.0 Å². The molecule has 0 amide bonds. The van der Waals surface area contributed by atoms with Crippen LogP contribution in [0.1, 0.15) is 28.0 Å². The van der Waals surface area contributed by atoms with Gasteiger partial charge in [0.15, 0.2) is 0 Å². The first-order valence-corrected chi connectivity index (χ1v) is 12.6. The van der Waals surface area contributed by atoms with E-state index in [1.54, 1.807) is 63.2 Å². The lowest BCUT2D eigenvalue weighted by Gasteiger charge is -2.26. The number of sulfonamides is 2. The van der Waals surface area contributed by atoms with Gasteiger partial charge >= 0.3 is 0 Å². The van der Waals surface area contributed by atoms with Crippen LogP contribution in [-0.2, 0) is 26.6 Å². The number of rotatable bonds is 7. The fourth-order valence-electron chi connectivity index (χ4n) is 3.70. The van der Waals surface area contributed by atoms with Crippen molar-refractivity contribution in [1.29, 1.82) is 0 Å². The zero-order chi connectivity index (χ0) is 23.0. The molecule has 0 radical (unpaired) electrons. The van der Waals surface area contributed by atoms with Crippen molar-refractivity contribution in [3.63, 3.8) is 0 Å². The quantitative estimate of drug-likeness (QED) is 0.576. The summed E-state index contributed by atoms with van der Waals surface area (Å²) in [7, 11) is -6.35. The zero-order valence-corrected chi connectivity index (χ0v) is 19.8. The molecule has 0 aliphatic rings. The van der Waals surface area contributed by atoms with Crippen LogP contribution in [0.25, 0.3) is 0 Å². The number of nitrogens with zero attached hydrogens (tertiary/aromatic N) is 1. The Balaban J connectivity index is 2.06. The Morgan fingerprint density at radius 1 is 0.935 bits per heavy atom. The van der Waals surface area contributed by atoms with Gasteiger partial charge in [-0.05, 0) is 68.7 Å². The van der Waals surface area contributed by atoms with Crippen LogP contribution in [0.3, 0.4) is 0 Å². The van der Waals surface area contributed by atoms with Crippen molar-refractivity contribution in [2.24, 2.45) is 0 Å². The molecule has 0 atom stereocenters. The summed E-state index contributed by atoms with van der Waals surface area (Å²) in [5.41, 5.74) is 2.84. The monoisotopic (exact) mass is 462 g/mol. The average Bonchev–Trinajstić information content (AvgIpc) is 3.19. The Labute approximate surface area is 183 Å². The molecule has 0 fully saturated rings. The Bertz CT molecular complexity index is 1290. The van der Waals surface area contributed by atoms with Gasteiger partial charge < -0.3 is 4.42 Å². The summed E-state index contributed by atoms with van der Waals surface area (Å²) in [4.78, 5) is 0.200. The smallest absolute Gasteiger partial charge is 0.264 e. The maximum Gasteiger partial charge on any atom is 0.264 e. The number of hydrogen-bond acceptors (Lipinski definition) is 5. The molecule has 2 aromatic carbocycles. The number of hydrogen-bond donors (Lipinski definition) is 1. The molecular formula is C22H26N2O5S2. The van der Waals surface area contributed by atoms with Crippen molar-refractivity contribution in [3.8, 4) is 0 Å². The summed E-state index contributed by atoms with van der Waals surface area (Å²) in [6, 6.07) is 11.6. The van der Waals surface area contributed by atoms with Gasteiger partial charge in [0.05, 0.1) is 28.3 Å². The van der Waals surface area contributed by atoms with Gasteiger partial charge in [-0.3, -0.25) is 4.31 Å². The van der Waals surface area contributed by atoms with Crippen LogP contribution in [0.2, 0.25) is 0 Å². The molecule has 166 valence electrons. The SMILES string of the molecule is Cc1ccc(S(=O)(=O)N(C)c2c(C)cc(C)c(S(=O)(=O)NCc3ccco3)c2C)cc1. The highest BCUT2D eigenvalue weighted by Crippen LogP contribution is 2.35. The third-order valence-electron chi connectivity index (χ3n) is 5.14. The predicted octanol–water partition coefficient (Wildman–Crippen LogP) is 3.82. The third kappa shape index (κ3) is 4.53. The second-order valence-electron chi connectivity index (χ2n) is 7.50. The van der Waals surface area contributed by atoms with E-state index >= 15 is 0 Å². The van der Waals surface area contributed by atoms with Gasteiger partial charge in [-0.2, -0.15) is 0 Å². The summed E-state index contributed by atoms with van der Waals surface area (Å²) in [5.74, 6) is 0.477. The molecule has 0 bridgehead atoms. The summed E-state index contributed by atoms with van der Waals surface area (Å²) in [5, 5.41) is 0. The van der Waals surface area contributed by atoms with E-state index in [0.29, 0.717) is 28.1 Å². The molecule has 7 nitrogen and oxygen atoms in total. The normalized spacial score (nSPS) is 12.2. The van der Waals surface area contributed by atoms with Gasteiger partial charge in [-0.25, -0.2) is 21.6 Å². The lowest BCUT2D eigenvalue weighted by atomic mass is 10.1. The van der Waals surface area contributed by atoms with Crippen LogP contribution in [0.15, 0.2) is 62.9 Å². The zero-order valence-electron chi connectivity index (χ0n) is 18.1. The summed E-state index contributed by atoms with van der Waals surface area (Å²) in [6.45, 7) is 6.96. The lowest BCUT2D eigenvalue weighted by Crippen LogP contribution is -2.30. The van der Waals surface area contributed by atoms with Crippen molar-refractivity contribution >= 4 is 25.7 Å². The molecule has 3 rings (SSSR count). The standard InChI is InChI=1S/C22H26N2O5S2/c1-15-8-10-20(11-9-15)31(27,28)24(5)21-16(2)13-17(3)22(18(21)4)30(25,26)23-14-19-7-6-12-29-19/h6-13,23H,14H2,1-5H3. The van der Waals surface area contributed by atoms with Gasteiger partial charge in [0.25, 0.3) is 10.0 Å². The van der Waals surface area contributed by atoms with Crippen LogP contribution in [0.4, 0.5) is 5.69 Å². The molecule has 9 heteroatoms. The van der Waals surface area contributed by atoms with Crippen LogP contribution < -0.4 is 9.03 Å². The van der Waals surface area contributed by atoms with Gasteiger partial charge in [0.2, 0.25) is 10.0 Å². The minimum Gasteiger partial charge on any atom is -0.468 e. The highest BCUT2D eigenvalue weighted by atomic mass is 32.2. The number of benzene rings is 2. The van der Waals surface area contributed by atoms with E-state index in [0.717, 1.165) is 9.87 Å². The van der Waals surface area contributed by atoms with Crippen LogP contribution in [0.5, 0.6) is 0 Å². The maximum absolute atomic E-state index is 13.2. The van der Waals surface area contributed by atoms with Crippen molar-refractivity contribution in [2.75, 3.05) is 11.4 Å². The molecule has 1 N–H and O–H groups in total. The molecule has 0 saturated carbocycles. The van der Waals surface area contributed by atoms with Gasteiger partial charge in [0, 0.05) is 7.05 Å². The van der Waals surface area contributed by atoms with Crippen LogP contribution in [-0.4, -0.2) is 23.9 Å². The molecule has 31 heavy (non-hydrogen) atoms. The fraction of sp³-hybridized carbons (Fsp3) is 0.273. The molecule has 0 unspecified atom stereocenters. The van der Waals surface area contributed by atoms with Crippen LogP contribution >= 0.6 is 0 Å². The number of nitrogens with one attached hydrogen (secondary N) is 1. The van der Waals surface area contributed by atoms with Crippen molar-refractivity contribution < 1.29 is 21.3 Å². The van der Waals surface area contributed by atoms with Gasteiger partial charge in [-0.1, -0.05) is 23.8 Å². The molecule has 1 heterocycles. The lowest BCUT2D eigenvalue weighted by molar-refractivity contribution is 0.498. The first kappa shape index (κ1) is 23.1. The second-order valence-corrected chi connectivity index (χ2v) is 11.2. The number of aryl methyl sites for hydroxylation is 3. The van der Waals surface area contributed by atoms with E-state index < -0.39 is 20.0 Å². The maximum atomic E-state index is 13.2. The Kier molecular flexibility index (Phi) is 6.31. The van der Waals surface area contributed by atoms with Crippen molar-refractivity contribution in [1.82, 2.24) is 4.72 Å². The highest BCUT2D eigenvalue weighted by molar-refractivity contribution is 7.92. The molecule has 3 aromatic rings. The Morgan fingerprint density at radius 2 is 1.58 bits per heavy atom. The third-order valence-corrected chi connectivity index (χ3v) is 8.60. The molecule has 0 spiro atoms. The second kappa shape index (κ2) is 8.49. The highest BCUT2D eigenvalue weighted by Gasteiger charge is 2.29. The van der Waals surface area contributed by atoms with E-state index in [-0.39, 0.29) is 16.3 Å². The molecule has 0 aliphatic carbocycles. The Morgan fingerprint density at radius 3 is 2.16 bits per heavy atom. The minimum atomic E-state index is -3.92. The predicted molar refractivity (Wildman–Crippen MR) is 120 cm³/mol. The van der Waals surface area contributed by atoms with E-state index in [9.17, 15) is 16.8 Å². The van der Waals surface area contributed by atoms with E-state index in [2.05, 4.69) is 4.72 Å². The van der Waals surface area contributed by atoms with Crippen molar-refractivity contribution in [3.05, 3.63) is 76.7 Å². The molecule has 0 saturated heterocycles. The molecule has 1 aromatic heterocycles. The van der Waals surface area contributed by atoms with Gasteiger partial charge in [0.1, 0.15) is 5.76 Å². The minimum absolute atomic E-state index is 0.00503. The summed E-state index contributed by atoms with van der Waals surface area (Å²) in [6.07, 6.45) is 1.47. The number of anilines is 1. The van der Waals surface area contributed by atoms with E-state index in [1.807, 2.05) is 6.92 Å². The summed E-state index contributed by atoms with van der Waals surface area (Å²) < 4.78 is 61.5. The average molecular weight is 463 g/mol. The number of furan rings is 1. The topological polar surface area (TPSA) is 96.7 Å². The van der Waals surface area contributed by atoms with Gasteiger partial charge in [-0.15, -0.1) is 0 Å². The largest absolute Gasteiger partial charge is 0.468 e. The first-order valence-electron chi connectivity index (χ1n) is 9.63.